The number of ketones is 1. The molecule has 33 nitrogen and oxygen atoms in total. The number of carbonyl (C=O) groups excluding carboxylic acids is 5. The van der Waals surface area contributed by atoms with Crippen molar-refractivity contribution < 1.29 is 90.9 Å². The van der Waals surface area contributed by atoms with Crippen LogP contribution in [0.2, 0.25) is 0 Å². The van der Waals surface area contributed by atoms with E-state index in [1.807, 2.05) is 0 Å². The lowest BCUT2D eigenvalue weighted by atomic mass is 9.93. The van der Waals surface area contributed by atoms with Gasteiger partial charge in [0.1, 0.15) is 23.9 Å². The predicted octanol–water partition coefficient (Wildman–Crippen LogP) is -1.11. The molecule has 2 aliphatic heterocycles. The van der Waals surface area contributed by atoms with Gasteiger partial charge in [0.25, 0.3) is 0 Å². The van der Waals surface area contributed by atoms with Gasteiger partial charge in [-0.25, -0.2) is 13.4 Å². The number of carbonyl (C=O) groups is 9. The minimum Gasteiger partial charge on any atom is -0.494 e. The summed E-state index contributed by atoms with van der Waals surface area (Å²) in [5.74, 6) is -5.75. The summed E-state index contributed by atoms with van der Waals surface area (Å²) in [6.07, 6.45) is 6.22. The Kier molecular flexibility index (Phi) is 34.4. The standard InChI is InChI=1S/C62H96N14O19S/c1-43-33-46(34-44(2)58(43)96(90,91)71-49(61(88)89)38-68-60(87)51-36-52(77)47-12-11-45(35-50(47)72(51)3)37-69-62-66-16-17-67-62)95-28-6-10-53(78)64-14-7-26-92-29-31-94-32-30-93-27-8-15-65-59(86)48(9-4-5-13-63)70-54(79)39-73-18-20-74(40-55(80)81)22-24-76(42-57(84)85)25-23-75(21-19-73)41-56(82)83/h11-12,16-17,33-35,48-49,51,71H,4-10,13-15,18-32,36-42,63H2,1-3H3,(H,64,78)(H,65,86)(H,68,87)(H,70,79)(H,80,81)(H,82,83)(H,84,85)(H,88,89)(H2,66,67,69). The van der Waals surface area contributed by atoms with Crippen LogP contribution in [-0.2, 0) is 69.1 Å². The first-order valence-corrected chi connectivity index (χ1v) is 33.6. The molecular weight excluding hydrogens is 1280 g/mol. The molecule has 1 fully saturated rings. The lowest BCUT2D eigenvalue weighted by Gasteiger charge is -2.34. The summed E-state index contributed by atoms with van der Waals surface area (Å²) in [7, 11) is -2.80. The molecule has 0 radical (unpaired) electrons. The fraction of sp³-hybridized carbons (Fsp3) is 0.613. The number of aromatic nitrogens is 2. The third-order valence-corrected chi connectivity index (χ3v) is 17.5. The number of amides is 4. The summed E-state index contributed by atoms with van der Waals surface area (Å²) < 4.78 is 52.3. The molecule has 0 bridgehead atoms. The van der Waals surface area contributed by atoms with Crippen molar-refractivity contribution in [3.05, 3.63) is 65.0 Å². The lowest BCUT2D eigenvalue weighted by molar-refractivity contribution is -0.140. The number of aromatic amines is 1. The van der Waals surface area contributed by atoms with Crippen LogP contribution in [0.4, 0.5) is 11.6 Å². The number of benzene rings is 2. The number of nitrogens with zero attached hydrogens (tertiary/aromatic N) is 6. The number of aryl methyl sites for hydroxylation is 2. The fourth-order valence-corrected chi connectivity index (χ4v) is 12.4. The molecule has 3 heterocycles. The summed E-state index contributed by atoms with van der Waals surface area (Å²) in [5.41, 5.74) is 8.01. The van der Waals surface area contributed by atoms with Crippen molar-refractivity contribution in [2.45, 2.75) is 94.8 Å². The van der Waals surface area contributed by atoms with Crippen molar-refractivity contribution in [2.24, 2.45) is 5.73 Å². The molecule has 34 heteroatoms. The summed E-state index contributed by atoms with van der Waals surface area (Å²) in [5, 5.41) is 52.7. The second-order valence-corrected chi connectivity index (χ2v) is 25.0. The van der Waals surface area contributed by atoms with E-state index in [0.717, 1.165) is 5.56 Å². The number of H-pyrrole nitrogens is 1. The Hall–Kier alpha value is -7.93. The largest absolute Gasteiger partial charge is 0.494 e. The molecular formula is C62H96N14O19S. The molecule has 5 rings (SSSR count). The van der Waals surface area contributed by atoms with Crippen LogP contribution in [0.25, 0.3) is 0 Å². The topological polar surface area (TPSA) is 449 Å². The predicted molar refractivity (Wildman–Crippen MR) is 350 cm³/mol. The molecule has 3 unspecified atom stereocenters. The monoisotopic (exact) mass is 1370 g/mol. The number of sulfonamides is 1. The number of imidazole rings is 1. The van der Waals surface area contributed by atoms with Gasteiger partial charge in [0.05, 0.1) is 64.1 Å². The molecule has 534 valence electrons. The van der Waals surface area contributed by atoms with Crippen molar-refractivity contribution in [2.75, 3.05) is 168 Å². The molecule has 2 aromatic carbocycles. The number of hydrogen-bond donors (Lipinski definition) is 12. The van der Waals surface area contributed by atoms with E-state index in [-0.39, 0.29) is 138 Å². The molecule has 4 amide bonds. The zero-order valence-corrected chi connectivity index (χ0v) is 55.8. The van der Waals surface area contributed by atoms with Gasteiger partial charge in [0.15, 0.2) is 11.7 Å². The first-order valence-electron chi connectivity index (χ1n) is 32.1. The molecule has 0 aliphatic carbocycles. The SMILES string of the molecule is Cc1cc(OCCCC(=O)NCCCOCCOCCOCCCNC(=O)C(CCCCN)NC(=O)CN2CCN(CC(=O)O)CCN(CC(=O)O)CCN(CC(=O)O)CC2)cc(C)c1S(=O)(=O)NC(CNC(=O)C1CC(=O)c2ccc(CNc3ncc[nH]3)cc2N1C)C(=O)O. The highest BCUT2D eigenvalue weighted by Gasteiger charge is 2.36. The summed E-state index contributed by atoms with van der Waals surface area (Å²) in [6.45, 7) is 6.91. The number of unbranched alkanes of at least 4 members (excludes halogenated alkanes) is 1. The quantitative estimate of drug-likeness (QED) is 0.0299. The lowest BCUT2D eigenvalue weighted by Crippen LogP contribution is -2.54. The van der Waals surface area contributed by atoms with Crippen LogP contribution >= 0.6 is 0 Å². The average Bonchev–Trinajstić information content (AvgIpc) is 0.820. The highest BCUT2D eigenvalue weighted by atomic mass is 32.2. The number of fused-ring (bicyclic) bond motifs is 1. The highest BCUT2D eigenvalue weighted by Crippen LogP contribution is 2.31. The van der Waals surface area contributed by atoms with Crippen LogP contribution in [0, 0.1) is 13.8 Å². The Bertz CT molecular complexity index is 3070. The summed E-state index contributed by atoms with van der Waals surface area (Å²) in [4.78, 5) is 128. The first kappa shape index (κ1) is 78.8. The third kappa shape index (κ3) is 28.8. The van der Waals surface area contributed by atoms with Crippen LogP contribution in [0.1, 0.15) is 78.4 Å². The minimum atomic E-state index is -4.45. The Labute approximate surface area is 558 Å². The average molecular weight is 1370 g/mol. The van der Waals surface area contributed by atoms with Gasteiger partial charge >= 0.3 is 23.9 Å². The van der Waals surface area contributed by atoms with E-state index in [2.05, 4.69) is 41.3 Å². The Morgan fingerprint density at radius 2 is 1.23 bits per heavy atom. The third-order valence-electron chi connectivity index (χ3n) is 15.7. The molecule has 13 N–H and O–H groups in total. The van der Waals surface area contributed by atoms with E-state index < -0.39 is 70.4 Å². The number of likely N-dealkylation sites (N-methyl/N-ethyl adjacent to an activating group) is 1. The molecule has 2 aliphatic rings. The number of aliphatic carboxylic acids is 4. The van der Waals surface area contributed by atoms with Gasteiger partial charge in [-0.15, -0.1) is 0 Å². The molecule has 0 spiro atoms. The number of hydrogen-bond acceptors (Lipinski definition) is 23. The van der Waals surface area contributed by atoms with Gasteiger partial charge in [0, 0.05) is 135 Å². The van der Waals surface area contributed by atoms with Crippen LogP contribution in [0.3, 0.4) is 0 Å². The Morgan fingerprint density at radius 3 is 1.76 bits per heavy atom. The van der Waals surface area contributed by atoms with Crippen LogP contribution < -0.4 is 46.7 Å². The number of carboxylic acid groups (broad SMARTS) is 4. The zero-order chi connectivity index (χ0) is 70.0. The second kappa shape index (κ2) is 41.9. The Morgan fingerprint density at radius 1 is 0.677 bits per heavy atom. The maximum Gasteiger partial charge on any atom is 0.323 e. The van der Waals surface area contributed by atoms with E-state index in [9.17, 15) is 72.0 Å². The molecule has 96 heavy (non-hydrogen) atoms. The highest BCUT2D eigenvalue weighted by molar-refractivity contribution is 7.89. The number of rotatable bonds is 43. The van der Waals surface area contributed by atoms with Gasteiger partial charge < -0.3 is 81.6 Å². The number of carboxylic acids is 4. The zero-order valence-electron chi connectivity index (χ0n) is 55.0. The smallest absolute Gasteiger partial charge is 0.323 e. The van der Waals surface area contributed by atoms with Gasteiger partial charge in [-0.1, -0.05) is 6.07 Å². The van der Waals surface area contributed by atoms with Crippen LogP contribution in [0.5, 0.6) is 5.75 Å². The van der Waals surface area contributed by atoms with Crippen molar-refractivity contribution in [3.63, 3.8) is 0 Å². The van der Waals surface area contributed by atoms with Gasteiger partial charge in [-0.3, -0.25) is 62.8 Å². The number of Topliss-reactive ketones (excluding diaryl/α,β-unsaturated/α-hetero) is 1. The fourth-order valence-electron chi connectivity index (χ4n) is 10.7. The van der Waals surface area contributed by atoms with Gasteiger partial charge in [-0.2, -0.15) is 4.72 Å². The van der Waals surface area contributed by atoms with Crippen molar-refractivity contribution >= 4 is 74.9 Å². The maximum atomic E-state index is 13.7. The van der Waals surface area contributed by atoms with Crippen molar-refractivity contribution in [1.29, 1.82) is 0 Å². The number of ether oxygens (including phenoxy) is 4. The van der Waals surface area contributed by atoms with E-state index in [0.29, 0.717) is 121 Å². The van der Waals surface area contributed by atoms with Crippen molar-refractivity contribution in [3.8, 4) is 5.75 Å². The normalized spacial score (nSPS) is 16.1. The Balaban J connectivity index is 0.907. The van der Waals surface area contributed by atoms with Crippen molar-refractivity contribution in [1.82, 2.24) is 55.6 Å². The minimum absolute atomic E-state index is 0.142. The molecule has 3 aromatic rings. The van der Waals surface area contributed by atoms with E-state index in [1.165, 1.54) is 26.0 Å². The molecule has 0 saturated carbocycles. The van der Waals surface area contributed by atoms with Gasteiger partial charge in [-0.05, 0) is 99.9 Å². The second-order valence-electron chi connectivity index (χ2n) is 23.4. The number of nitrogens with two attached hydrogens (primary N) is 1. The van der Waals surface area contributed by atoms with Crippen LogP contribution in [-0.4, -0.2) is 288 Å². The van der Waals surface area contributed by atoms with E-state index in [1.54, 1.807) is 62.1 Å². The summed E-state index contributed by atoms with van der Waals surface area (Å²) >= 11 is 0. The summed E-state index contributed by atoms with van der Waals surface area (Å²) in [6, 6.07) is 4.66. The molecule has 3 atom stereocenters. The first-order chi connectivity index (χ1) is 45.9. The van der Waals surface area contributed by atoms with Crippen LogP contribution in [0.15, 0.2) is 47.6 Å². The number of anilines is 2. The van der Waals surface area contributed by atoms with E-state index >= 15 is 0 Å². The van der Waals surface area contributed by atoms with E-state index in [4.69, 9.17) is 24.7 Å². The molecule has 1 aromatic heterocycles. The number of nitrogens with one attached hydrogen (secondary N) is 7. The van der Waals surface area contributed by atoms with Gasteiger partial charge in [0.2, 0.25) is 33.7 Å². The molecule has 1 saturated heterocycles. The maximum absolute atomic E-state index is 13.7.